The zero-order valence-corrected chi connectivity index (χ0v) is 8.58. The molecule has 2 aromatic rings. The van der Waals surface area contributed by atoms with Gasteiger partial charge in [-0.2, -0.15) is 0 Å². The molecule has 0 aliphatic rings. The molecule has 2 heterocycles. The molecule has 0 aromatic carbocycles. The molecule has 0 radical (unpaired) electrons. The van der Waals surface area contributed by atoms with Gasteiger partial charge >= 0.3 is 0 Å². The van der Waals surface area contributed by atoms with E-state index < -0.39 is 0 Å². The summed E-state index contributed by atoms with van der Waals surface area (Å²) in [5, 5.41) is 3.05. The maximum absolute atomic E-state index is 4.28. The second-order valence-electron chi connectivity index (χ2n) is 3.27. The van der Waals surface area contributed by atoms with Crippen LogP contribution in [0, 0.1) is 0 Å². The van der Waals surface area contributed by atoms with Gasteiger partial charge in [-0.05, 0) is 18.1 Å². The molecule has 0 amide bonds. The highest BCUT2D eigenvalue weighted by Gasteiger charge is 2.07. The molecule has 0 fully saturated rings. The van der Waals surface area contributed by atoms with E-state index in [1.54, 1.807) is 11.3 Å². The van der Waals surface area contributed by atoms with Crippen LogP contribution in [0.2, 0.25) is 0 Å². The Hall–Kier alpha value is -1.09. The van der Waals surface area contributed by atoms with Gasteiger partial charge in [0.1, 0.15) is 0 Å². The molecule has 2 rings (SSSR count). The predicted octanol–water partition coefficient (Wildman–Crippen LogP) is 3.06. The van der Waals surface area contributed by atoms with Crippen LogP contribution in [0.5, 0.6) is 0 Å². The molecule has 2 aromatic heterocycles. The summed E-state index contributed by atoms with van der Waals surface area (Å²) < 4.78 is 2.15. The number of hydrogen-bond donors (Lipinski definition) is 0. The predicted molar refractivity (Wildman–Crippen MR) is 55.5 cm³/mol. The fourth-order valence-electron chi connectivity index (χ4n) is 1.37. The highest BCUT2D eigenvalue weighted by atomic mass is 32.1. The minimum atomic E-state index is 0.541. The lowest BCUT2D eigenvalue weighted by molar-refractivity contribution is 0.784. The topological polar surface area (TPSA) is 17.8 Å². The zero-order valence-electron chi connectivity index (χ0n) is 7.77. The number of nitrogens with zero attached hydrogens (tertiary/aromatic N) is 2. The molecular formula is C10H12N2S. The molecule has 13 heavy (non-hydrogen) atoms. The van der Waals surface area contributed by atoms with E-state index in [0.717, 1.165) is 5.13 Å². The lowest BCUT2D eigenvalue weighted by Crippen LogP contribution is -1.99. The van der Waals surface area contributed by atoms with E-state index in [0.29, 0.717) is 5.92 Å². The van der Waals surface area contributed by atoms with Gasteiger partial charge in [0.2, 0.25) is 0 Å². The Morgan fingerprint density at radius 1 is 1.46 bits per heavy atom. The van der Waals surface area contributed by atoms with Crippen LogP contribution in [0.4, 0.5) is 0 Å². The van der Waals surface area contributed by atoms with Crippen molar-refractivity contribution in [2.75, 3.05) is 0 Å². The summed E-state index contributed by atoms with van der Waals surface area (Å²) in [6, 6.07) is 4.21. The molecule has 0 aliphatic carbocycles. The summed E-state index contributed by atoms with van der Waals surface area (Å²) in [7, 11) is 0. The SMILES string of the molecule is CC(C)c1cccn1-c1nccs1. The van der Waals surface area contributed by atoms with Crippen LogP contribution < -0.4 is 0 Å². The largest absolute Gasteiger partial charge is 0.297 e. The number of hydrogen-bond acceptors (Lipinski definition) is 2. The van der Waals surface area contributed by atoms with E-state index >= 15 is 0 Å². The van der Waals surface area contributed by atoms with Gasteiger partial charge in [0.15, 0.2) is 5.13 Å². The Morgan fingerprint density at radius 2 is 2.31 bits per heavy atom. The smallest absolute Gasteiger partial charge is 0.193 e. The van der Waals surface area contributed by atoms with Gasteiger partial charge in [0.05, 0.1) is 0 Å². The average Bonchev–Trinajstić information content (AvgIpc) is 2.74. The Balaban J connectivity index is 2.46. The summed E-state index contributed by atoms with van der Waals surface area (Å²) in [6.45, 7) is 4.39. The first-order valence-electron chi connectivity index (χ1n) is 4.36. The van der Waals surface area contributed by atoms with Gasteiger partial charge in [-0.3, -0.25) is 4.57 Å². The highest BCUT2D eigenvalue weighted by Crippen LogP contribution is 2.20. The van der Waals surface area contributed by atoms with Crippen LogP contribution in [-0.2, 0) is 0 Å². The van der Waals surface area contributed by atoms with Gasteiger partial charge in [0.25, 0.3) is 0 Å². The maximum atomic E-state index is 4.28. The van der Waals surface area contributed by atoms with E-state index in [4.69, 9.17) is 0 Å². The average molecular weight is 192 g/mol. The monoisotopic (exact) mass is 192 g/mol. The fourth-order valence-corrected chi connectivity index (χ4v) is 2.02. The Bertz CT molecular complexity index is 373. The Labute approximate surface area is 81.9 Å². The molecule has 0 saturated carbocycles. The summed E-state index contributed by atoms with van der Waals surface area (Å²) in [4.78, 5) is 4.28. The zero-order chi connectivity index (χ0) is 9.26. The van der Waals surface area contributed by atoms with E-state index in [1.165, 1.54) is 5.69 Å². The highest BCUT2D eigenvalue weighted by molar-refractivity contribution is 7.12. The van der Waals surface area contributed by atoms with Crippen molar-refractivity contribution in [2.24, 2.45) is 0 Å². The van der Waals surface area contributed by atoms with Crippen LogP contribution in [0.25, 0.3) is 5.13 Å². The molecule has 0 bridgehead atoms. The van der Waals surface area contributed by atoms with E-state index in [9.17, 15) is 0 Å². The van der Waals surface area contributed by atoms with E-state index in [2.05, 4.69) is 41.7 Å². The molecule has 3 heteroatoms. The standard InChI is InChI=1S/C10H12N2S/c1-8(2)9-4-3-6-12(9)10-11-5-7-13-10/h3-8H,1-2H3. The molecule has 0 unspecified atom stereocenters. The van der Waals surface area contributed by atoms with Gasteiger partial charge in [-0.15, -0.1) is 11.3 Å². The maximum Gasteiger partial charge on any atom is 0.193 e. The molecule has 2 nitrogen and oxygen atoms in total. The van der Waals surface area contributed by atoms with Crippen molar-refractivity contribution in [1.82, 2.24) is 9.55 Å². The van der Waals surface area contributed by atoms with E-state index in [-0.39, 0.29) is 0 Å². The normalized spacial score (nSPS) is 11.0. The van der Waals surface area contributed by atoms with Crippen molar-refractivity contribution in [3.8, 4) is 5.13 Å². The van der Waals surface area contributed by atoms with Crippen LogP contribution in [0.15, 0.2) is 29.9 Å². The van der Waals surface area contributed by atoms with Crippen molar-refractivity contribution >= 4 is 11.3 Å². The minimum Gasteiger partial charge on any atom is -0.297 e. The second-order valence-corrected chi connectivity index (χ2v) is 4.15. The molecule has 0 atom stereocenters. The number of aromatic nitrogens is 2. The minimum absolute atomic E-state index is 0.541. The number of thiazole rings is 1. The van der Waals surface area contributed by atoms with Crippen molar-refractivity contribution in [1.29, 1.82) is 0 Å². The third-order valence-electron chi connectivity index (χ3n) is 2.00. The molecule has 0 saturated heterocycles. The Kier molecular flexibility index (Phi) is 2.19. The first-order chi connectivity index (χ1) is 6.29. The summed E-state index contributed by atoms with van der Waals surface area (Å²) in [5.41, 5.74) is 1.31. The van der Waals surface area contributed by atoms with Crippen LogP contribution in [0.1, 0.15) is 25.5 Å². The Morgan fingerprint density at radius 3 is 2.92 bits per heavy atom. The van der Waals surface area contributed by atoms with Gasteiger partial charge < -0.3 is 0 Å². The van der Waals surface area contributed by atoms with Crippen molar-refractivity contribution in [3.05, 3.63) is 35.6 Å². The van der Waals surface area contributed by atoms with Crippen LogP contribution >= 0.6 is 11.3 Å². The van der Waals surface area contributed by atoms with Gasteiger partial charge in [-0.25, -0.2) is 4.98 Å². The molecular weight excluding hydrogens is 180 g/mol. The summed E-state index contributed by atoms with van der Waals surface area (Å²) >= 11 is 1.66. The van der Waals surface area contributed by atoms with Crippen molar-refractivity contribution < 1.29 is 0 Å². The summed E-state index contributed by atoms with van der Waals surface area (Å²) in [5.74, 6) is 0.541. The first kappa shape index (κ1) is 8.51. The summed E-state index contributed by atoms with van der Waals surface area (Å²) in [6.07, 6.45) is 3.90. The first-order valence-corrected chi connectivity index (χ1v) is 5.24. The van der Waals surface area contributed by atoms with Gasteiger partial charge in [0, 0.05) is 23.5 Å². The van der Waals surface area contributed by atoms with Crippen molar-refractivity contribution in [2.45, 2.75) is 19.8 Å². The lowest BCUT2D eigenvalue weighted by Gasteiger charge is -2.08. The second kappa shape index (κ2) is 3.34. The molecule has 0 spiro atoms. The third kappa shape index (κ3) is 1.52. The van der Waals surface area contributed by atoms with Crippen LogP contribution in [0.3, 0.4) is 0 Å². The molecule has 0 N–H and O–H groups in total. The van der Waals surface area contributed by atoms with Gasteiger partial charge in [-0.1, -0.05) is 13.8 Å². The third-order valence-corrected chi connectivity index (χ3v) is 2.77. The quantitative estimate of drug-likeness (QED) is 0.715. The molecule has 0 aliphatic heterocycles. The van der Waals surface area contributed by atoms with Crippen LogP contribution in [-0.4, -0.2) is 9.55 Å². The van der Waals surface area contributed by atoms with E-state index in [1.807, 2.05) is 11.6 Å². The molecule has 68 valence electrons. The lowest BCUT2D eigenvalue weighted by atomic mass is 10.1. The van der Waals surface area contributed by atoms with Crippen molar-refractivity contribution in [3.63, 3.8) is 0 Å². The number of rotatable bonds is 2. The fraction of sp³-hybridized carbons (Fsp3) is 0.300.